The molecule has 8 atom stereocenters. The third kappa shape index (κ3) is 10.3. The lowest BCUT2D eigenvalue weighted by Crippen LogP contribution is -2.31. The molecule has 8 heteroatoms. The first-order valence-electron chi connectivity index (χ1n) is 19.7. The predicted octanol–water partition coefficient (Wildman–Crippen LogP) is 15.1. The Labute approximate surface area is 302 Å². The van der Waals surface area contributed by atoms with E-state index in [0.717, 1.165) is 0 Å². The Morgan fingerprint density at radius 2 is 0.820 bits per heavy atom. The Morgan fingerprint density at radius 1 is 0.440 bits per heavy atom. The first-order valence-corrected chi connectivity index (χ1v) is 19.7. The van der Waals surface area contributed by atoms with E-state index in [4.69, 9.17) is 0 Å². The third-order valence-electron chi connectivity index (χ3n) is 13.6. The first kappa shape index (κ1) is 47.5. The average Bonchev–Trinajstić information content (AvgIpc) is 3.50. The summed E-state index contributed by atoms with van der Waals surface area (Å²) in [6, 6.07) is 0. The van der Waals surface area contributed by atoms with Crippen molar-refractivity contribution < 1.29 is 35.1 Å². The molecule has 0 aromatic rings. The quantitative estimate of drug-likeness (QED) is 0.218. The van der Waals surface area contributed by atoms with Gasteiger partial charge in [-0.1, -0.05) is 125 Å². The van der Waals surface area contributed by atoms with E-state index in [9.17, 15) is 35.1 Å². The van der Waals surface area contributed by atoms with Crippen LogP contribution in [0.2, 0.25) is 0 Å². The molecule has 0 radical (unpaired) electrons. The van der Waals surface area contributed by atoms with Crippen LogP contribution in [-0.2, 0) is 0 Å². The highest BCUT2D eigenvalue weighted by molar-refractivity contribution is 5.17. The fraction of sp³-hybridized carbons (Fsp3) is 1.00. The molecule has 0 N–H and O–H groups in total. The molecule has 0 heterocycles. The second kappa shape index (κ2) is 16.4. The molecule has 0 aromatic carbocycles. The minimum Gasteiger partial charge on any atom is -0.207 e. The van der Waals surface area contributed by atoms with Crippen molar-refractivity contribution in [2.24, 2.45) is 93.7 Å². The summed E-state index contributed by atoms with van der Waals surface area (Å²) in [5.41, 5.74) is -0.932. The highest BCUT2D eigenvalue weighted by atomic mass is 19.3. The normalized spacial score (nSPS) is 36.1. The van der Waals surface area contributed by atoms with Gasteiger partial charge in [-0.25, -0.2) is 35.1 Å². The largest absolute Gasteiger partial charge is 0.257 e. The first-order chi connectivity index (χ1) is 22.2. The van der Waals surface area contributed by atoms with Crippen LogP contribution in [0.25, 0.3) is 0 Å². The zero-order chi connectivity index (χ0) is 39.9. The Balaban J connectivity index is 0.000000335. The molecule has 50 heavy (non-hydrogen) atoms. The van der Waals surface area contributed by atoms with Gasteiger partial charge in [-0.3, -0.25) is 0 Å². The topological polar surface area (TPSA) is 0 Å². The van der Waals surface area contributed by atoms with E-state index in [1.807, 2.05) is 62.3 Å². The van der Waals surface area contributed by atoms with Gasteiger partial charge in [0.15, 0.2) is 0 Å². The maximum atomic E-state index is 13.4. The maximum Gasteiger partial charge on any atom is 0.257 e. The van der Waals surface area contributed by atoms with E-state index in [0.29, 0.717) is 23.7 Å². The molecule has 4 saturated carbocycles. The molecule has 4 aliphatic carbocycles. The van der Waals surface area contributed by atoms with Crippen molar-refractivity contribution in [2.75, 3.05) is 0 Å². The van der Waals surface area contributed by atoms with Crippen LogP contribution < -0.4 is 0 Å². The smallest absolute Gasteiger partial charge is 0.207 e. The Kier molecular flexibility index (Phi) is 15.6. The SMILES string of the molecule is CC(C)C1C(C(C)C)C1(F)F.CC(C)C1C(F)(F)C1(C)C(C)C.CC(C)C1CC(F)(F)CC1(C)C(C)C.CC(C)C1CC(F)(F)CC1C(C)C. The second-order valence-corrected chi connectivity index (χ2v) is 19.8. The zero-order valence-electron chi connectivity index (χ0n) is 34.9. The lowest BCUT2D eigenvalue weighted by molar-refractivity contribution is -0.00740. The van der Waals surface area contributed by atoms with Crippen molar-refractivity contribution in [3.63, 3.8) is 0 Å². The molecule has 0 spiro atoms. The number of alkyl halides is 8. The fourth-order valence-electron chi connectivity index (χ4n) is 10.0. The summed E-state index contributed by atoms with van der Waals surface area (Å²) in [6.45, 7) is 35.3. The number of rotatable bonds is 8. The zero-order valence-corrected chi connectivity index (χ0v) is 34.9. The van der Waals surface area contributed by atoms with Crippen LogP contribution in [0.3, 0.4) is 0 Å². The summed E-state index contributed by atoms with van der Waals surface area (Å²) >= 11 is 0. The molecule has 0 saturated heterocycles. The van der Waals surface area contributed by atoms with Gasteiger partial charge in [0, 0.05) is 48.9 Å². The molecule has 0 aromatic heterocycles. The van der Waals surface area contributed by atoms with Gasteiger partial charge >= 0.3 is 0 Å². The van der Waals surface area contributed by atoms with Crippen molar-refractivity contribution in [1.29, 1.82) is 0 Å². The molecular weight excluding hydrogens is 656 g/mol. The van der Waals surface area contributed by atoms with E-state index in [1.54, 1.807) is 6.92 Å². The van der Waals surface area contributed by atoms with Gasteiger partial charge in [0.25, 0.3) is 11.8 Å². The number of hydrogen-bond donors (Lipinski definition) is 0. The van der Waals surface area contributed by atoms with Gasteiger partial charge in [-0.05, 0) is 70.5 Å². The second-order valence-electron chi connectivity index (χ2n) is 19.8. The van der Waals surface area contributed by atoms with Gasteiger partial charge in [-0.15, -0.1) is 0 Å². The summed E-state index contributed by atoms with van der Waals surface area (Å²) in [5.74, 6) is -8.30. The highest BCUT2D eigenvalue weighted by Gasteiger charge is 2.79. The summed E-state index contributed by atoms with van der Waals surface area (Å²) in [6.07, 6.45) is 0.362. The molecular formula is C42H76F8. The summed E-state index contributed by atoms with van der Waals surface area (Å²) < 4.78 is 106. The number of halogens is 8. The lowest BCUT2D eigenvalue weighted by Gasteiger charge is -2.37. The van der Waals surface area contributed by atoms with Crippen molar-refractivity contribution in [3.05, 3.63) is 0 Å². The van der Waals surface area contributed by atoms with Crippen LogP contribution in [0.5, 0.6) is 0 Å². The Morgan fingerprint density at radius 3 is 1.00 bits per heavy atom. The molecule has 4 aliphatic rings. The molecule has 0 aliphatic heterocycles. The van der Waals surface area contributed by atoms with E-state index >= 15 is 0 Å². The minimum atomic E-state index is -2.44. The molecule has 300 valence electrons. The molecule has 4 rings (SSSR count). The van der Waals surface area contributed by atoms with Crippen LogP contribution in [0.4, 0.5) is 35.1 Å². The van der Waals surface area contributed by atoms with Crippen molar-refractivity contribution in [1.82, 2.24) is 0 Å². The summed E-state index contributed by atoms with van der Waals surface area (Å²) in [4.78, 5) is 0. The molecule has 0 amide bonds. The summed E-state index contributed by atoms with van der Waals surface area (Å²) in [7, 11) is 0. The predicted molar refractivity (Wildman–Crippen MR) is 194 cm³/mol. The maximum absolute atomic E-state index is 13.4. The molecule has 0 bridgehead atoms. The summed E-state index contributed by atoms with van der Waals surface area (Å²) in [5, 5.41) is 0. The van der Waals surface area contributed by atoms with E-state index in [-0.39, 0.29) is 84.4 Å². The van der Waals surface area contributed by atoms with Crippen LogP contribution in [0, 0.1) is 93.7 Å². The van der Waals surface area contributed by atoms with Crippen molar-refractivity contribution in [2.45, 2.75) is 174 Å². The van der Waals surface area contributed by atoms with Crippen LogP contribution >= 0.6 is 0 Å². The Hall–Kier alpha value is -0.560. The van der Waals surface area contributed by atoms with E-state index < -0.39 is 35.0 Å². The van der Waals surface area contributed by atoms with Gasteiger partial charge in [0.05, 0.1) is 0 Å². The lowest BCUT2D eigenvalue weighted by atomic mass is 9.67. The van der Waals surface area contributed by atoms with Crippen LogP contribution in [0.15, 0.2) is 0 Å². The monoisotopic (exact) mass is 733 g/mol. The molecule has 0 nitrogen and oxygen atoms in total. The third-order valence-corrected chi connectivity index (χ3v) is 13.6. The van der Waals surface area contributed by atoms with E-state index in [1.165, 1.54) is 0 Å². The molecule has 4 fully saturated rings. The molecule has 8 unspecified atom stereocenters. The van der Waals surface area contributed by atoms with Crippen LogP contribution in [-0.4, -0.2) is 23.7 Å². The average molecular weight is 733 g/mol. The number of hydrogen-bond acceptors (Lipinski definition) is 0. The Bertz CT molecular complexity index is 1010. The van der Waals surface area contributed by atoms with Crippen molar-refractivity contribution in [3.8, 4) is 0 Å². The fourth-order valence-corrected chi connectivity index (χ4v) is 10.0. The van der Waals surface area contributed by atoms with Gasteiger partial charge < -0.3 is 0 Å². The van der Waals surface area contributed by atoms with E-state index in [2.05, 4.69) is 55.4 Å². The van der Waals surface area contributed by atoms with Gasteiger partial charge in [0.2, 0.25) is 11.8 Å². The minimum absolute atomic E-state index is 0.0694. The van der Waals surface area contributed by atoms with Gasteiger partial charge in [0.1, 0.15) is 0 Å². The van der Waals surface area contributed by atoms with Crippen molar-refractivity contribution >= 4 is 0 Å². The highest BCUT2D eigenvalue weighted by Crippen LogP contribution is 2.71. The van der Waals surface area contributed by atoms with Crippen LogP contribution in [0.1, 0.15) is 150 Å². The van der Waals surface area contributed by atoms with Gasteiger partial charge in [-0.2, -0.15) is 0 Å². The standard InChI is InChI=1S/C12H22F2.C11H20F2.C10H18F2.C9H16F2/c1-8(2)10-6-12(13,14)7-11(10,5)9(3)4;1-7(2)9-5-11(12,13)6-10(9)8(3)4;1-6(2)8-9(5,7(3)4)10(8,11)12;1-5(2)7-8(6(3)4)9(7,10)11/h8-10H,6-7H2,1-5H3;7-10H,5-6H2,1-4H3;6-8H,1-5H3;5-8H,1-4H3.